The number of rotatable bonds is 3. The molecule has 0 unspecified atom stereocenters. The number of nitrogens with zero attached hydrogens (tertiary/aromatic N) is 1. The molecule has 0 saturated heterocycles. The lowest BCUT2D eigenvalue weighted by Gasteiger charge is -2.11. The van der Waals surface area contributed by atoms with Crippen molar-refractivity contribution in [3.8, 4) is 5.75 Å². The summed E-state index contributed by atoms with van der Waals surface area (Å²) in [4.78, 5) is 10.3. The van der Waals surface area contributed by atoms with E-state index < -0.39 is 4.92 Å². The van der Waals surface area contributed by atoms with E-state index in [4.69, 9.17) is 5.73 Å². The van der Waals surface area contributed by atoms with Gasteiger partial charge in [-0.1, -0.05) is 0 Å². The van der Waals surface area contributed by atoms with Crippen molar-refractivity contribution in [2.75, 3.05) is 0 Å². The number of phenolic OH excluding ortho intramolecular Hbond substituents is 1. The molecule has 0 bridgehead atoms. The van der Waals surface area contributed by atoms with Gasteiger partial charge < -0.3 is 10.8 Å². The van der Waals surface area contributed by atoms with Gasteiger partial charge in [0.15, 0.2) is 0 Å². The normalized spacial score (nSPS) is 16.3. The fourth-order valence-corrected chi connectivity index (χ4v) is 1.68. The summed E-state index contributed by atoms with van der Waals surface area (Å²) in [7, 11) is 0. The van der Waals surface area contributed by atoms with Gasteiger partial charge in [-0.3, -0.25) is 10.1 Å². The minimum atomic E-state index is -0.461. The Morgan fingerprint density at radius 3 is 2.62 bits per heavy atom. The van der Waals surface area contributed by atoms with Crippen molar-refractivity contribution in [3.63, 3.8) is 0 Å². The van der Waals surface area contributed by atoms with Gasteiger partial charge in [0.1, 0.15) is 5.75 Å². The third-order valence-corrected chi connectivity index (χ3v) is 2.70. The summed E-state index contributed by atoms with van der Waals surface area (Å²) in [5.74, 6) is 0.345. The van der Waals surface area contributed by atoms with Gasteiger partial charge in [-0.15, -0.1) is 12.4 Å². The molecule has 0 radical (unpaired) electrons. The molecule has 6 heteroatoms. The van der Waals surface area contributed by atoms with Gasteiger partial charge in [-0.05, 0) is 30.9 Å². The molecule has 88 valence electrons. The molecule has 0 heterocycles. The maximum absolute atomic E-state index is 10.7. The molecule has 1 saturated carbocycles. The molecule has 16 heavy (non-hydrogen) atoms. The first kappa shape index (κ1) is 12.7. The number of benzene rings is 1. The summed E-state index contributed by atoms with van der Waals surface area (Å²) in [6.45, 7) is 0. The van der Waals surface area contributed by atoms with E-state index in [1.165, 1.54) is 18.2 Å². The highest BCUT2D eigenvalue weighted by Gasteiger charge is 2.33. The molecular formula is C10H13ClN2O3. The Bertz CT molecular complexity index is 407. The SMILES string of the molecule is Cl.N[C@@H](c1cc(O)ccc1[N+](=O)[O-])C1CC1. The van der Waals surface area contributed by atoms with Crippen molar-refractivity contribution in [2.24, 2.45) is 11.7 Å². The number of aromatic hydroxyl groups is 1. The Morgan fingerprint density at radius 1 is 1.50 bits per heavy atom. The third-order valence-electron chi connectivity index (χ3n) is 2.70. The molecule has 2 rings (SSSR count). The van der Waals surface area contributed by atoms with Crippen LogP contribution in [-0.2, 0) is 0 Å². The molecule has 1 atom stereocenters. The Morgan fingerprint density at radius 2 is 2.12 bits per heavy atom. The van der Waals surface area contributed by atoms with Gasteiger partial charge in [0.25, 0.3) is 5.69 Å². The molecule has 0 amide bonds. The zero-order chi connectivity index (χ0) is 11.0. The minimum absolute atomic E-state index is 0. The second kappa shape index (κ2) is 4.67. The maximum atomic E-state index is 10.7. The van der Waals surface area contributed by atoms with Crippen molar-refractivity contribution >= 4 is 18.1 Å². The van der Waals surface area contributed by atoms with Crippen LogP contribution < -0.4 is 5.73 Å². The van der Waals surface area contributed by atoms with Crippen LogP contribution in [0.3, 0.4) is 0 Å². The van der Waals surface area contributed by atoms with Crippen molar-refractivity contribution in [1.82, 2.24) is 0 Å². The largest absolute Gasteiger partial charge is 0.508 e. The van der Waals surface area contributed by atoms with Crippen LogP contribution in [0, 0.1) is 16.0 Å². The van der Waals surface area contributed by atoms with Crippen LogP contribution in [-0.4, -0.2) is 10.0 Å². The molecule has 3 N–H and O–H groups in total. The van der Waals surface area contributed by atoms with E-state index in [2.05, 4.69) is 0 Å². The number of nitro benzene ring substituents is 1. The number of halogens is 1. The van der Waals surface area contributed by atoms with Gasteiger partial charge in [0.2, 0.25) is 0 Å². The average molecular weight is 245 g/mol. The molecule has 1 aliphatic rings. The van der Waals surface area contributed by atoms with Gasteiger partial charge in [0.05, 0.1) is 10.5 Å². The second-order valence-electron chi connectivity index (χ2n) is 3.86. The molecule has 1 aromatic rings. The lowest BCUT2D eigenvalue weighted by atomic mass is 10.0. The standard InChI is InChI=1S/C10H12N2O3.ClH/c11-10(6-1-2-6)8-5-7(13)3-4-9(8)12(14)15;/h3-6,10,13H,1-2,11H2;1H/t10-;/m1./s1. The van der Waals surface area contributed by atoms with E-state index in [0.717, 1.165) is 12.8 Å². The first-order chi connectivity index (χ1) is 7.09. The summed E-state index contributed by atoms with van der Waals surface area (Å²) >= 11 is 0. The Balaban J connectivity index is 0.00000128. The van der Waals surface area contributed by atoms with Crippen LogP contribution in [0.2, 0.25) is 0 Å². The second-order valence-corrected chi connectivity index (χ2v) is 3.86. The number of hydrogen-bond donors (Lipinski definition) is 2. The predicted molar refractivity (Wildman–Crippen MR) is 61.7 cm³/mol. The zero-order valence-corrected chi connectivity index (χ0v) is 9.31. The lowest BCUT2D eigenvalue weighted by Crippen LogP contribution is -2.14. The highest BCUT2D eigenvalue weighted by Crippen LogP contribution is 2.42. The topological polar surface area (TPSA) is 89.4 Å². The summed E-state index contributed by atoms with van der Waals surface area (Å²) in [5.41, 5.74) is 6.32. The summed E-state index contributed by atoms with van der Waals surface area (Å²) in [6, 6.07) is 3.66. The number of phenols is 1. The Kier molecular flexibility index (Phi) is 3.72. The zero-order valence-electron chi connectivity index (χ0n) is 8.50. The molecule has 1 aliphatic carbocycles. The van der Waals surface area contributed by atoms with Gasteiger partial charge >= 0.3 is 0 Å². The third kappa shape index (κ3) is 2.43. The summed E-state index contributed by atoms with van der Waals surface area (Å²) in [6.07, 6.45) is 2.02. The molecule has 1 fully saturated rings. The number of nitrogens with two attached hydrogens (primary N) is 1. The molecule has 0 spiro atoms. The molecule has 0 aromatic heterocycles. The van der Waals surface area contributed by atoms with Crippen LogP contribution >= 0.6 is 12.4 Å². The van der Waals surface area contributed by atoms with Gasteiger partial charge in [-0.25, -0.2) is 0 Å². The molecule has 1 aromatic carbocycles. The first-order valence-electron chi connectivity index (χ1n) is 4.82. The van der Waals surface area contributed by atoms with Gasteiger partial charge in [-0.2, -0.15) is 0 Å². The monoisotopic (exact) mass is 244 g/mol. The minimum Gasteiger partial charge on any atom is -0.508 e. The van der Waals surface area contributed by atoms with E-state index in [9.17, 15) is 15.2 Å². The van der Waals surface area contributed by atoms with Crippen molar-refractivity contribution in [3.05, 3.63) is 33.9 Å². The van der Waals surface area contributed by atoms with Gasteiger partial charge in [0, 0.05) is 12.1 Å². The smallest absolute Gasteiger partial charge is 0.274 e. The average Bonchev–Trinajstić information content (AvgIpc) is 2.99. The predicted octanol–water partition coefficient (Wildman–Crippen LogP) is 2.13. The van der Waals surface area contributed by atoms with Crippen molar-refractivity contribution in [2.45, 2.75) is 18.9 Å². The van der Waals surface area contributed by atoms with Crippen LogP contribution in [0.1, 0.15) is 24.4 Å². The van der Waals surface area contributed by atoms with E-state index in [0.29, 0.717) is 11.5 Å². The van der Waals surface area contributed by atoms with E-state index in [1.54, 1.807) is 0 Å². The molecular weight excluding hydrogens is 232 g/mol. The lowest BCUT2D eigenvalue weighted by molar-refractivity contribution is -0.385. The fraction of sp³-hybridized carbons (Fsp3) is 0.400. The van der Waals surface area contributed by atoms with Crippen LogP contribution in [0.25, 0.3) is 0 Å². The first-order valence-corrected chi connectivity index (χ1v) is 4.82. The van der Waals surface area contributed by atoms with Crippen molar-refractivity contribution in [1.29, 1.82) is 0 Å². The number of nitro groups is 1. The van der Waals surface area contributed by atoms with Crippen LogP contribution in [0.15, 0.2) is 18.2 Å². The molecule has 5 nitrogen and oxygen atoms in total. The van der Waals surface area contributed by atoms with Crippen molar-refractivity contribution < 1.29 is 10.0 Å². The molecule has 0 aliphatic heterocycles. The highest BCUT2D eigenvalue weighted by molar-refractivity contribution is 5.85. The highest BCUT2D eigenvalue weighted by atomic mass is 35.5. The van der Waals surface area contributed by atoms with E-state index >= 15 is 0 Å². The quantitative estimate of drug-likeness (QED) is 0.630. The Labute approximate surface area is 98.8 Å². The van der Waals surface area contributed by atoms with Crippen LogP contribution in [0.5, 0.6) is 5.75 Å². The summed E-state index contributed by atoms with van der Waals surface area (Å²) in [5, 5.41) is 20.0. The maximum Gasteiger partial charge on any atom is 0.274 e. The Hall–Kier alpha value is -1.33. The van der Waals surface area contributed by atoms with E-state index in [-0.39, 0.29) is 29.9 Å². The summed E-state index contributed by atoms with van der Waals surface area (Å²) < 4.78 is 0. The number of hydrogen-bond acceptors (Lipinski definition) is 4. The van der Waals surface area contributed by atoms with Crippen LogP contribution in [0.4, 0.5) is 5.69 Å². The van der Waals surface area contributed by atoms with E-state index in [1.807, 2.05) is 0 Å². The fourth-order valence-electron chi connectivity index (χ4n) is 1.68.